The maximum atomic E-state index is 10.4. The van der Waals surface area contributed by atoms with Gasteiger partial charge in [-0.25, -0.2) is 0 Å². The van der Waals surface area contributed by atoms with Gasteiger partial charge >= 0.3 is 5.97 Å². The van der Waals surface area contributed by atoms with Gasteiger partial charge in [-0.05, 0) is 51.4 Å². The van der Waals surface area contributed by atoms with Gasteiger partial charge in [0.05, 0.1) is 6.10 Å². The molecule has 23 heavy (non-hydrogen) atoms. The molecule has 0 fully saturated rings. The van der Waals surface area contributed by atoms with Crippen LogP contribution in [0.4, 0.5) is 0 Å². The van der Waals surface area contributed by atoms with Gasteiger partial charge in [0.1, 0.15) is 0 Å². The number of carboxylic acids is 1. The van der Waals surface area contributed by atoms with Crippen LogP contribution in [0.1, 0.15) is 90.4 Å². The molecule has 0 saturated carbocycles. The predicted molar refractivity (Wildman–Crippen MR) is 97.6 cm³/mol. The minimum atomic E-state index is -0.695. The van der Waals surface area contributed by atoms with Crippen LogP contribution in [-0.4, -0.2) is 22.3 Å². The summed E-state index contributed by atoms with van der Waals surface area (Å²) in [6.07, 6.45) is 21.2. The average Bonchev–Trinajstić information content (AvgIpc) is 2.52. The standard InChI is InChI=1S/C20H36O3/c1-2-3-4-5-10-13-16-19(21)17-14-11-8-6-7-9-12-15-18-20(22)23/h8,10-11,13,19,21H,2-7,9,12,14-18H2,1H3,(H,22,23)/t19-/m1/s1. The summed E-state index contributed by atoms with van der Waals surface area (Å²) in [6, 6.07) is 0. The first-order valence-corrected chi connectivity index (χ1v) is 9.36. The molecule has 0 aromatic rings. The van der Waals surface area contributed by atoms with E-state index in [4.69, 9.17) is 5.11 Å². The fraction of sp³-hybridized carbons (Fsp3) is 0.750. The molecule has 0 rings (SSSR count). The number of hydrogen-bond acceptors (Lipinski definition) is 2. The monoisotopic (exact) mass is 324 g/mol. The van der Waals surface area contributed by atoms with Crippen molar-refractivity contribution in [2.24, 2.45) is 0 Å². The normalized spacial score (nSPS) is 13.1. The first-order chi connectivity index (χ1) is 11.2. The maximum absolute atomic E-state index is 10.4. The van der Waals surface area contributed by atoms with Gasteiger partial charge in [0.25, 0.3) is 0 Å². The summed E-state index contributed by atoms with van der Waals surface area (Å²) >= 11 is 0. The summed E-state index contributed by atoms with van der Waals surface area (Å²) in [5.74, 6) is -0.695. The van der Waals surface area contributed by atoms with Crippen LogP contribution in [0, 0.1) is 0 Å². The molecule has 0 saturated heterocycles. The van der Waals surface area contributed by atoms with Crippen LogP contribution in [0.25, 0.3) is 0 Å². The zero-order valence-corrected chi connectivity index (χ0v) is 14.9. The van der Waals surface area contributed by atoms with E-state index in [0.717, 1.165) is 57.8 Å². The zero-order valence-electron chi connectivity index (χ0n) is 14.9. The van der Waals surface area contributed by atoms with E-state index >= 15 is 0 Å². The van der Waals surface area contributed by atoms with Crippen LogP contribution < -0.4 is 0 Å². The van der Waals surface area contributed by atoms with Crippen LogP contribution in [0.5, 0.6) is 0 Å². The lowest BCUT2D eigenvalue weighted by molar-refractivity contribution is -0.137. The van der Waals surface area contributed by atoms with E-state index in [1.165, 1.54) is 19.3 Å². The summed E-state index contributed by atoms with van der Waals surface area (Å²) in [4.78, 5) is 10.4. The number of aliphatic hydroxyl groups is 1. The van der Waals surface area contributed by atoms with Gasteiger partial charge in [-0.2, -0.15) is 0 Å². The Morgan fingerprint density at radius 3 is 2.17 bits per heavy atom. The molecule has 0 heterocycles. The Bertz CT molecular complexity index is 321. The number of hydrogen-bond donors (Lipinski definition) is 2. The van der Waals surface area contributed by atoms with Crippen molar-refractivity contribution >= 4 is 5.97 Å². The number of rotatable bonds is 16. The van der Waals surface area contributed by atoms with E-state index in [2.05, 4.69) is 31.2 Å². The van der Waals surface area contributed by atoms with Crippen molar-refractivity contribution in [1.82, 2.24) is 0 Å². The molecule has 0 aromatic heterocycles. The molecular formula is C20H36O3. The van der Waals surface area contributed by atoms with Crippen LogP contribution in [-0.2, 0) is 4.79 Å². The van der Waals surface area contributed by atoms with Crippen molar-refractivity contribution in [3.05, 3.63) is 24.3 Å². The second-order valence-corrected chi connectivity index (χ2v) is 6.25. The molecule has 3 heteroatoms. The van der Waals surface area contributed by atoms with Crippen LogP contribution in [0.3, 0.4) is 0 Å². The topological polar surface area (TPSA) is 57.5 Å². The first kappa shape index (κ1) is 21.9. The highest BCUT2D eigenvalue weighted by Gasteiger charge is 1.99. The third-order valence-electron chi connectivity index (χ3n) is 3.89. The number of aliphatic carboxylic acids is 1. The van der Waals surface area contributed by atoms with Gasteiger partial charge in [-0.3, -0.25) is 4.79 Å². The van der Waals surface area contributed by atoms with Crippen molar-refractivity contribution in [2.45, 2.75) is 96.5 Å². The van der Waals surface area contributed by atoms with Crippen molar-refractivity contribution in [3.8, 4) is 0 Å². The number of unbranched alkanes of at least 4 members (excludes halogenated alkanes) is 7. The summed E-state index contributed by atoms with van der Waals surface area (Å²) in [5, 5.41) is 18.4. The number of carbonyl (C=O) groups is 1. The van der Waals surface area contributed by atoms with E-state index in [9.17, 15) is 9.90 Å². The lowest BCUT2D eigenvalue weighted by Crippen LogP contribution is -2.03. The van der Waals surface area contributed by atoms with Gasteiger partial charge in [0, 0.05) is 6.42 Å². The van der Waals surface area contributed by atoms with E-state index in [1.54, 1.807) is 0 Å². The Hall–Kier alpha value is -1.09. The summed E-state index contributed by atoms with van der Waals surface area (Å²) < 4.78 is 0. The van der Waals surface area contributed by atoms with E-state index in [1.807, 2.05) is 0 Å². The molecule has 1 atom stereocenters. The van der Waals surface area contributed by atoms with Crippen LogP contribution >= 0.6 is 0 Å². The molecule has 0 unspecified atom stereocenters. The van der Waals surface area contributed by atoms with Crippen LogP contribution in [0.2, 0.25) is 0 Å². The van der Waals surface area contributed by atoms with Gasteiger partial charge in [-0.1, -0.05) is 56.9 Å². The molecule has 0 aromatic carbocycles. The van der Waals surface area contributed by atoms with Gasteiger partial charge in [-0.15, -0.1) is 0 Å². The lowest BCUT2D eigenvalue weighted by Gasteiger charge is -2.05. The SMILES string of the molecule is CCCCCC=CC[C@@H](O)CCC=CCCCCCCC(=O)O. The highest BCUT2D eigenvalue weighted by molar-refractivity contribution is 5.66. The number of allylic oxidation sites excluding steroid dienone is 3. The molecule has 2 N–H and O–H groups in total. The third-order valence-corrected chi connectivity index (χ3v) is 3.89. The van der Waals surface area contributed by atoms with E-state index in [-0.39, 0.29) is 6.10 Å². The predicted octanol–water partition coefficient (Wildman–Crippen LogP) is 5.64. The zero-order chi connectivity index (χ0) is 17.2. The van der Waals surface area contributed by atoms with Crippen molar-refractivity contribution < 1.29 is 15.0 Å². The average molecular weight is 325 g/mol. The van der Waals surface area contributed by atoms with Crippen molar-refractivity contribution in [2.75, 3.05) is 0 Å². The minimum absolute atomic E-state index is 0.224. The van der Waals surface area contributed by atoms with E-state index in [0.29, 0.717) is 6.42 Å². The van der Waals surface area contributed by atoms with Gasteiger partial charge in [0.2, 0.25) is 0 Å². The van der Waals surface area contributed by atoms with Crippen LogP contribution in [0.15, 0.2) is 24.3 Å². The third kappa shape index (κ3) is 18.9. The Balaban J connectivity index is 3.36. The number of carboxylic acid groups (broad SMARTS) is 1. The van der Waals surface area contributed by atoms with E-state index < -0.39 is 5.97 Å². The fourth-order valence-corrected chi connectivity index (χ4v) is 2.42. The molecule has 0 bridgehead atoms. The highest BCUT2D eigenvalue weighted by Crippen LogP contribution is 2.08. The smallest absolute Gasteiger partial charge is 0.303 e. The quantitative estimate of drug-likeness (QED) is 0.285. The Kier molecular flexibility index (Phi) is 16.4. The molecule has 0 radical (unpaired) electrons. The highest BCUT2D eigenvalue weighted by atomic mass is 16.4. The second-order valence-electron chi connectivity index (χ2n) is 6.25. The molecule has 3 nitrogen and oxygen atoms in total. The molecule has 134 valence electrons. The lowest BCUT2D eigenvalue weighted by atomic mass is 10.1. The molecule has 0 aliphatic heterocycles. The second kappa shape index (κ2) is 17.3. The maximum Gasteiger partial charge on any atom is 0.303 e. The molecule has 0 aliphatic rings. The first-order valence-electron chi connectivity index (χ1n) is 9.36. The molecule has 0 spiro atoms. The summed E-state index contributed by atoms with van der Waals surface area (Å²) in [6.45, 7) is 2.21. The van der Waals surface area contributed by atoms with Crippen molar-refractivity contribution in [3.63, 3.8) is 0 Å². The van der Waals surface area contributed by atoms with Gasteiger partial charge in [0.15, 0.2) is 0 Å². The Morgan fingerprint density at radius 1 is 0.870 bits per heavy atom. The Morgan fingerprint density at radius 2 is 1.48 bits per heavy atom. The summed E-state index contributed by atoms with van der Waals surface area (Å²) in [5.41, 5.74) is 0. The number of aliphatic hydroxyl groups excluding tert-OH is 1. The molecule has 0 aliphatic carbocycles. The van der Waals surface area contributed by atoms with Gasteiger partial charge < -0.3 is 10.2 Å². The Labute approximate surface area is 142 Å². The molecular weight excluding hydrogens is 288 g/mol. The fourth-order valence-electron chi connectivity index (χ4n) is 2.42. The largest absolute Gasteiger partial charge is 0.481 e. The summed E-state index contributed by atoms with van der Waals surface area (Å²) in [7, 11) is 0. The minimum Gasteiger partial charge on any atom is -0.481 e. The van der Waals surface area contributed by atoms with Crippen molar-refractivity contribution in [1.29, 1.82) is 0 Å². The molecule has 0 amide bonds.